The summed E-state index contributed by atoms with van der Waals surface area (Å²) in [6.45, 7) is 2.06. The van der Waals surface area contributed by atoms with Gasteiger partial charge in [0.05, 0.1) is 11.9 Å². The van der Waals surface area contributed by atoms with E-state index >= 15 is 0 Å². The minimum atomic E-state index is 0.929. The van der Waals surface area contributed by atoms with Crippen LogP contribution in [0.2, 0.25) is 0 Å². The van der Waals surface area contributed by atoms with Crippen molar-refractivity contribution in [3.63, 3.8) is 0 Å². The van der Waals surface area contributed by atoms with Crippen LogP contribution >= 0.6 is 0 Å². The van der Waals surface area contributed by atoms with E-state index in [-0.39, 0.29) is 0 Å². The number of aryl methyl sites for hydroxylation is 1. The van der Waals surface area contributed by atoms with Crippen molar-refractivity contribution in [1.29, 1.82) is 0 Å². The first-order valence-electron chi connectivity index (χ1n) is 5.50. The van der Waals surface area contributed by atoms with Gasteiger partial charge in [-0.3, -0.25) is 0 Å². The second-order valence-corrected chi connectivity index (χ2v) is 3.73. The molecule has 1 nitrogen and oxygen atoms in total. The quantitative estimate of drug-likeness (QED) is 0.511. The van der Waals surface area contributed by atoms with Crippen LogP contribution in [0.15, 0.2) is 59.6 Å². The highest BCUT2D eigenvalue weighted by Crippen LogP contribution is 2.11. The molecule has 0 unspecified atom stereocenters. The van der Waals surface area contributed by atoms with Gasteiger partial charge < -0.3 is 0 Å². The molecular formula is C16H13N. The van der Waals surface area contributed by atoms with E-state index in [9.17, 15) is 0 Å². The van der Waals surface area contributed by atoms with Gasteiger partial charge in [-0.1, -0.05) is 41.8 Å². The largest absolute Gasteiger partial charge is 0.248 e. The van der Waals surface area contributed by atoms with Crippen LogP contribution in [0.1, 0.15) is 11.1 Å². The summed E-state index contributed by atoms with van der Waals surface area (Å²) < 4.78 is 0. The van der Waals surface area contributed by atoms with Crippen LogP contribution in [-0.4, -0.2) is 6.21 Å². The smallest absolute Gasteiger partial charge is 0.0777 e. The molecule has 0 saturated carbocycles. The zero-order chi connectivity index (χ0) is 11.9. The van der Waals surface area contributed by atoms with Crippen molar-refractivity contribution in [2.24, 2.45) is 4.99 Å². The Morgan fingerprint density at radius 1 is 0.941 bits per heavy atom. The summed E-state index contributed by atoms with van der Waals surface area (Å²) in [7, 11) is 0. The van der Waals surface area contributed by atoms with Gasteiger partial charge in [0.25, 0.3) is 0 Å². The molecule has 0 fully saturated rings. The minimum Gasteiger partial charge on any atom is -0.248 e. The van der Waals surface area contributed by atoms with Crippen molar-refractivity contribution in [3.05, 3.63) is 65.7 Å². The molecule has 2 rings (SSSR count). The maximum absolute atomic E-state index is 4.26. The monoisotopic (exact) mass is 219 g/mol. The topological polar surface area (TPSA) is 12.4 Å². The highest BCUT2D eigenvalue weighted by Gasteiger charge is 1.85. The molecule has 0 bridgehead atoms. The van der Waals surface area contributed by atoms with Crippen molar-refractivity contribution < 1.29 is 0 Å². The Morgan fingerprint density at radius 2 is 1.65 bits per heavy atom. The van der Waals surface area contributed by atoms with E-state index in [2.05, 4.69) is 23.8 Å². The molecule has 0 aliphatic carbocycles. The molecule has 0 atom stereocenters. The molecule has 17 heavy (non-hydrogen) atoms. The van der Waals surface area contributed by atoms with Crippen LogP contribution in [0, 0.1) is 18.8 Å². The fourth-order valence-electron chi connectivity index (χ4n) is 1.37. The van der Waals surface area contributed by atoms with Crippen LogP contribution in [0.25, 0.3) is 0 Å². The van der Waals surface area contributed by atoms with E-state index in [1.165, 1.54) is 5.56 Å². The Labute approximate surface area is 102 Å². The Morgan fingerprint density at radius 3 is 2.35 bits per heavy atom. The zero-order valence-corrected chi connectivity index (χ0v) is 9.72. The lowest BCUT2D eigenvalue weighted by molar-refractivity contribution is 1.44. The maximum Gasteiger partial charge on any atom is 0.0777 e. The standard InChI is InChI=1S/C16H13N/c1-14-9-11-16(12-10-14)17-13-5-8-15-6-3-2-4-7-15/h2-4,6-7,9-13H,1H3. The summed E-state index contributed by atoms with van der Waals surface area (Å²) in [6.07, 6.45) is 1.64. The molecule has 1 heteroatoms. The number of nitrogens with zero attached hydrogens (tertiary/aromatic N) is 1. The van der Waals surface area contributed by atoms with Gasteiger partial charge in [-0.05, 0) is 37.1 Å². The molecule has 0 amide bonds. The Bertz CT molecular complexity index is 554. The Kier molecular flexibility index (Phi) is 3.72. The average Bonchev–Trinajstić information content (AvgIpc) is 2.38. The molecule has 0 N–H and O–H groups in total. The number of hydrogen-bond acceptors (Lipinski definition) is 1. The molecule has 0 heterocycles. The molecule has 0 radical (unpaired) electrons. The Hall–Kier alpha value is -2.33. The van der Waals surface area contributed by atoms with Crippen LogP contribution in [-0.2, 0) is 0 Å². The summed E-state index contributed by atoms with van der Waals surface area (Å²) in [4.78, 5) is 4.26. The predicted octanol–water partition coefficient (Wildman–Crippen LogP) is 3.75. The lowest BCUT2D eigenvalue weighted by atomic mass is 10.2. The number of rotatable bonds is 1. The van der Waals surface area contributed by atoms with Gasteiger partial charge in [0.1, 0.15) is 0 Å². The first-order chi connectivity index (χ1) is 8.34. The van der Waals surface area contributed by atoms with Gasteiger partial charge >= 0.3 is 0 Å². The van der Waals surface area contributed by atoms with Crippen molar-refractivity contribution in [2.45, 2.75) is 6.92 Å². The summed E-state index contributed by atoms with van der Waals surface area (Å²) in [5.41, 5.74) is 3.17. The van der Waals surface area contributed by atoms with Crippen LogP contribution in [0.5, 0.6) is 0 Å². The van der Waals surface area contributed by atoms with E-state index in [0.717, 1.165) is 11.3 Å². The molecule has 0 spiro atoms. The molecule has 82 valence electrons. The second-order valence-electron chi connectivity index (χ2n) is 3.73. The highest BCUT2D eigenvalue weighted by atomic mass is 14.7. The van der Waals surface area contributed by atoms with Crippen molar-refractivity contribution in [1.82, 2.24) is 0 Å². The van der Waals surface area contributed by atoms with Gasteiger partial charge in [0.2, 0.25) is 0 Å². The SMILES string of the molecule is Cc1ccc(N=CC#Cc2ccccc2)cc1. The van der Waals surface area contributed by atoms with Gasteiger partial charge in [-0.25, -0.2) is 4.99 Å². The summed E-state index contributed by atoms with van der Waals surface area (Å²) in [5, 5.41) is 0. The lowest BCUT2D eigenvalue weighted by Crippen LogP contribution is -1.72. The van der Waals surface area contributed by atoms with Crippen molar-refractivity contribution in [3.8, 4) is 11.8 Å². The summed E-state index contributed by atoms with van der Waals surface area (Å²) in [5.74, 6) is 5.95. The fourth-order valence-corrected chi connectivity index (χ4v) is 1.37. The third-order valence-corrected chi connectivity index (χ3v) is 2.30. The number of aliphatic imine (C=N–C) groups is 1. The molecule has 0 saturated heterocycles. The number of benzene rings is 2. The lowest BCUT2D eigenvalue weighted by Gasteiger charge is -1.92. The van der Waals surface area contributed by atoms with Crippen LogP contribution in [0.3, 0.4) is 0 Å². The third kappa shape index (κ3) is 3.62. The first-order valence-corrected chi connectivity index (χ1v) is 5.50. The van der Waals surface area contributed by atoms with E-state index in [1.807, 2.05) is 54.6 Å². The molecular weight excluding hydrogens is 206 g/mol. The van der Waals surface area contributed by atoms with E-state index < -0.39 is 0 Å². The molecule has 2 aromatic rings. The van der Waals surface area contributed by atoms with Crippen molar-refractivity contribution in [2.75, 3.05) is 0 Å². The van der Waals surface area contributed by atoms with Gasteiger partial charge in [0.15, 0.2) is 0 Å². The summed E-state index contributed by atoms with van der Waals surface area (Å²) >= 11 is 0. The fraction of sp³-hybridized carbons (Fsp3) is 0.0625. The minimum absolute atomic E-state index is 0.929. The highest BCUT2D eigenvalue weighted by molar-refractivity contribution is 5.81. The predicted molar refractivity (Wildman–Crippen MR) is 72.7 cm³/mol. The van der Waals surface area contributed by atoms with E-state index in [4.69, 9.17) is 0 Å². The van der Waals surface area contributed by atoms with Crippen LogP contribution < -0.4 is 0 Å². The van der Waals surface area contributed by atoms with Crippen molar-refractivity contribution >= 4 is 11.9 Å². The Balaban J connectivity index is 2.03. The van der Waals surface area contributed by atoms with E-state index in [1.54, 1.807) is 6.21 Å². The van der Waals surface area contributed by atoms with Crippen LogP contribution in [0.4, 0.5) is 5.69 Å². The molecule has 0 aliphatic heterocycles. The molecule has 0 aromatic heterocycles. The molecule has 2 aromatic carbocycles. The van der Waals surface area contributed by atoms with E-state index in [0.29, 0.717) is 0 Å². The van der Waals surface area contributed by atoms with Gasteiger partial charge in [-0.15, -0.1) is 0 Å². The summed E-state index contributed by atoms with van der Waals surface area (Å²) in [6, 6.07) is 17.9. The third-order valence-electron chi connectivity index (χ3n) is 2.30. The first kappa shape index (κ1) is 11.2. The van der Waals surface area contributed by atoms with Gasteiger partial charge in [-0.2, -0.15) is 0 Å². The maximum atomic E-state index is 4.26. The normalized spacial score (nSPS) is 9.94. The number of hydrogen-bond donors (Lipinski definition) is 0. The second kappa shape index (κ2) is 5.67. The molecule has 0 aliphatic rings. The van der Waals surface area contributed by atoms with Gasteiger partial charge in [0, 0.05) is 5.56 Å². The average molecular weight is 219 g/mol. The zero-order valence-electron chi connectivity index (χ0n) is 9.72.